The van der Waals surface area contributed by atoms with Crippen molar-refractivity contribution < 1.29 is 0 Å². The lowest BCUT2D eigenvalue weighted by atomic mass is 10.1. The molecule has 0 radical (unpaired) electrons. The third-order valence-corrected chi connectivity index (χ3v) is 5.93. The van der Waals surface area contributed by atoms with Crippen molar-refractivity contribution in [2.45, 2.75) is 31.7 Å². The lowest BCUT2D eigenvalue weighted by Crippen LogP contribution is -2.29. The van der Waals surface area contributed by atoms with Gasteiger partial charge in [-0.1, -0.05) is 30.3 Å². The molecular formula is C26H27N5. The smallest absolute Gasteiger partial charge is 0.149 e. The average molecular weight is 410 g/mol. The summed E-state index contributed by atoms with van der Waals surface area (Å²) in [6.07, 6.45) is 12.7. The first-order valence-electron chi connectivity index (χ1n) is 11.1. The number of pyridine rings is 2. The minimum Gasteiger partial charge on any atom is -0.372 e. The van der Waals surface area contributed by atoms with Crippen molar-refractivity contribution in [1.82, 2.24) is 9.97 Å². The predicted molar refractivity (Wildman–Crippen MR) is 127 cm³/mol. The predicted octanol–water partition coefficient (Wildman–Crippen LogP) is 5.49. The quantitative estimate of drug-likeness (QED) is 0.559. The summed E-state index contributed by atoms with van der Waals surface area (Å²) in [6, 6.07) is 20.8. The summed E-state index contributed by atoms with van der Waals surface area (Å²) < 4.78 is 0. The van der Waals surface area contributed by atoms with Crippen LogP contribution in [0.25, 0.3) is 6.08 Å². The highest BCUT2D eigenvalue weighted by molar-refractivity contribution is 6.01. The van der Waals surface area contributed by atoms with Gasteiger partial charge in [0.05, 0.1) is 11.4 Å². The zero-order valence-electron chi connectivity index (χ0n) is 17.6. The number of allylic oxidation sites excluding steroid dienone is 1. The van der Waals surface area contributed by atoms with Crippen LogP contribution in [-0.2, 0) is 0 Å². The third-order valence-electron chi connectivity index (χ3n) is 5.93. The molecule has 1 saturated heterocycles. The lowest BCUT2D eigenvalue weighted by Gasteiger charge is -2.28. The van der Waals surface area contributed by atoms with Gasteiger partial charge in [-0.15, -0.1) is 0 Å². The van der Waals surface area contributed by atoms with Crippen LogP contribution < -0.4 is 9.91 Å². The Hall–Kier alpha value is -3.47. The molecule has 1 atom stereocenters. The summed E-state index contributed by atoms with van der Waals surface area (Å²) in [5.74, 6) is 0.840. The minimum atomic E-state index is 0.0530. The number of hydrazone groups is 1. The topological polar surface area (TPSA) is 44.6 Å². The molecule has 2 aromatic heterocycles. The molecule has 3 aromatic rings. The fourth-order valence-corrected chi connectivity index (χ4v) is 4.28. The van der Waals surface area contributed by atoms with E-state index in [1.807, 2.05) is 41.5 Å². The van der Waals surface area contributed by atoms with Gasteiger partial charge in [-0.3, -0.25) is 4.98 Å². The first-order valence-corrected chi connectivity index (χ1v) is 11.1. The Bertz CT molecular complexity index is 1040. The second-order valence-electron chi connectivity index (χ2n) is 8.07. The van der Waals surface area contributed by atoms with E-state index in [4.69, 9.17) is 5.10 Å². The van der Waals surface area contributed by atoms with E-state index in [1.54, 1.807) is 6.20 Å². The highest BCUT2D eigenvalue weighted by Gasteiger charge is 2.29. The van der Waals surface area contributed by atoms with Crippen LogP contribution in [0.1, 0.15) is 43.0 Å². The Morgan fingerprint density at radius 2 is 1.55 bits per heavy atom. The summed E-state index contributed by atoms with van der Waals surface area (Å²) in [7, 11) is 0. The summed E-state index contributed by atoms with van der Waals surface area (Å²) >= 11 is 0. The van der Waals surface area contributed by atoms with Gasteiger partial charge < -0.3 is 4.90 Å². The number of hydrogen-bond acceptors (Lipinski definition) is 5. The lowest BCUT2D eigenvalue weighted by molar-refractivity contribution is 0.578. The molecule has 1 fully saturated rings. The Balaban J connectivity index is 1.34. The Morgan fingerprint density at radius 1 is 0.774 bits per heavy atom. The fourth-order valence-electron chi connectivity index (χ4n) is 4.28. The molecule has 1 aromatic carbocycles. The standard InChI is InChI=1S/C26H27N5/c1-6-18-30(19-7-1)23-14-11-21(12-15-23)10-13-22-20-25(24-8-2-4-16-27-24)31(29-22)26-9-3-5-17-28-26/h2-5,8-17,25H,1,6-7,18-20H2. The summed E-state index contributed by atoms with van der Waals surface area (Å²) in [5, 5.41) is 6.86. The van der Waals surface area contributed by atoms with Gasteiger partial charge in [0.25, 0.3) is 0 Å². The molecule has 5 nitrogen and oxygen atoms in total. The van der Waals surface area contributed by atoms with Crippen LogP contribution in [0.15, 0.2) is 84.2 Å². The van der Waals surface area contributed by atoms with Crippen LogP contribution in [0.4, 0.5) is 11.5 Å². The fraction of sp³-hybridized carbons (Fsp3) is 0.269. The molecule has 0 saturated carbocycles. The van der Waals surface area contributed by atoms with Crippen molar-refractivity contribution in [3.63, 3.8) is 0 Å². The molecule has 4 heterocycles. The van der Waals surface area contributed by atoms with Crippen LogP contribution in [0, 0.1) is 0 Å². The molecule has 156 valence electrons. The normalized spacial score (nSPS) is 19.1. The van der Waals surface area contributed by atoms with Crippen molar-refractivity contribution in [1.29, 1.82) is 0 Å². The average Bonchev–Trinajstić information content (AvgIpc) is 3.29. The van der Waals surface area contributed by atoms with E-state index in [1.165, 1.54) is 43.6 Å². The SMILES string of the molecule is C(=Cc1ccc(N2CCCCC2)cc1)C1=NN(c2ccccn2)C(c2ccccn2)C1. The molecule has 2 aliphatic rings. The first kappa shape index (κ1) is 19.5. The van der Waals surface area contributed by atoms with Crippen molar-refractivity contribution >= 4 is 23.3 Å². The Labute approximate surface area is 183 Å². The number of aromatic nitrogens is 2. The van der Waals surface area contributed by atoms with Gasteiger partial charge in [-0.25, -0.2) is 9.99 Å². The highest BCUT2D eigenvalue weighted by atomic mass is 15.5. The zero-order chi connectivity index (χ0) is 20.9. The van der Waals surface area contributed by atoms with E-state index in [2.05, 4.69) is 57.4 Å². The van der Waals surface area contributed by atoms with Crippen LogP contribution in [0.3, 0.4) is 0 Å². The molecule has 31 heavy (non-hydrogen) atoms. The van der Waals surface area contributed by atoms with Gasteiger partial charge in [0.2, 0.25) is 0 Å². The summed E-state index contributed by atoms with van der Waals surface area (Å²) in [4.78, 5) is 11.6. The van der Waals surface area contributed by atoms with Gasteiger partial charge in [0.1, 0.15) is 11.9 Å². The number of rotatable bonds is 5. The molecule has 5 heteroatoms. The molecule has 2 aliphatic heterocycles. The largest absolute Gasteiger partial charge is 0.372 e. The molecule has 0 N–H and O–H groups in total. The second kappa shape index (κ2) is 9.13. The molecule has 1 unspecified atom stereocenters. The van der Waals surface area contributed by atoms with E-state index < -0.39 is 0 Å². The maximum Gasteiger partial charge on any atom is 0.149 e. The van der Waals surface area contributed by atoms with E-state index in [0.717, 1.165) is 23.6 Å². The number of hydrogen-bond donors (Lipinski definition) is 0. The summed E-state index contributed by atoms with van der Waals surface area (Å²) in [5.41, 5.74) is 4.55. The monoisotopic (exact) mass is 409 g/mol. The van der Waals surface area contributed by atoms with Crippen molar-refractivity contribution in [2.75, 3.05) is 23.0 Å². The molecule has 0 bridgehead atoms. The molecule has 5 rings (SSSR count). The van der Waals surface area contributed by atoms with Crippen LogP contribution in [0.5, 0.6) is 0 Å². The van der Waals surface area contributed by atoms with Crippen LogP contribution in [-0.4, -0.2) is 28.8 Å². The highest BCUT2D eigenvalue weighted by Crippen LogP contribution is 2.33. The molecule has 0 amide bonds. The number of benzene rings is 1. The van der Waals surface area contributed by atoms with E-state index in [9.17, 15) is 0 Å². The van der Waals surface area contributed by atoms with Gasteiger partial charge in [-0.05, 0) is 67.3 Å². The van der Waals surface area contributed by atoms with Gasteiger partial charge in [0.15, 0.2) is 0 Å². The molecular weight excluding hydrogens is 382 g/mol. The Morgan fingerprint density at radius 3 is 2.26 bits per heavy atom. The maximum absolute atomic E-state index is 4.87. The van der Waals surface area contributed by atoms with Gasteiger partial charge in [0, 0.05) is 37.6 Å². The van der Waals surface area contributed by atoms with E-state index in [0.29, 0.717) is 0 Å². The Kier molecular flexibility index (Phi) is 5.74. The van der Waals surface area contributed by atoms with Crippen LogP contribution >= 0.6 is 0 Å². The van der Waals surface area contributed by atoms with Gasteiger partial charge >= 0.3 is 0 Å². The zero-order valence-corrected chi connectivity index (χ0v) is 17.6. The van der Waals surface area contributed by atoms with Crippen molar-refractivity contribution in [3.05, 3.63) is 90.4 Å². The minimum absolute atomic E-state index is 0.0530. The third kappa shape index (κ3) is 4.50. The maximum atomic E-state index is 4.87. The summed E-state index contributed by atoms with van der Waals surface area (Å²) in [6.45, 7) is 2.34. The first-order chi connectivity index (χ1) is 15.4. The van der Waals surface area contributed by atoms with Gasteiger partial charge in [-0.2, -0.15) is 5.10 Å². The van der Waals surface area contributed by atoms with Crippen LogP contribution in [0.2, 0.25) is 0 Å². The van der Waals surface area contributed by atoms with E-state index >= 15 is 0 Å². The van der Waals surface area contributed by atoms with E-state index in [-0.39, 0.29) is 6.04 Å². The number of anilines is 2. The molecule has 0 spiro atoms. The van der Waals surface area contributed by atoms with Crippen molar-refractivity contribution in [2.24, 2.45) is 5.10 Å². The number of nitrogens with zero attached hydrogens (tertiary/aromatic N) is 5. The number of piperidine rings is 1. The molecule has 0 aliphatic carbocycles. The van der Waals surface area contributed by atoms with Crippen molar-refractivity contribution in [3.8, 4) is 0 Å². The second-order valence-corrected chi connectivity index (χ2v) is 8.07.